The van der Waals surface area contributed by atoms with Crippen molar-refractivity contribution in [1.82, 2.24) is 19.8 Å². The second-order valence-electron chi connectivity index (χ2n) is 13.3. The number of nitrogens with zero attached hydrogens (tertiary/aromatic N) is 5. The molecule has 0 bridgehead atoms. The smallest absolute Gasteiger partial charge is 0.255 e. The number of hydrogen-bond acceptors (Lipinski definition) is 9. The van der Waals surface area contributed by atoms with Gasteiger partial charge in [0.15, 0.2) is 0 Å². The standard InChI is InChI=1S/C40H48N8O3/c1-45(19-20-46-21-23-51-24-22-46)40(50)33-12-8-11-32(25-33)39(49)44-37-14-13-34(47-17-6-3-7-18-47)27-35(37)38-26-31(15-16-43-38)36(41)29-48(42)28-30-9-4-2-5-10-30/h2,4-5,8-16,25-27,41H,3,6-7,17-24,28-29,42H2,1H3,(H,44,49). The molecule has 2 aliphatic heterocycles. The summed E-state index contributed by atoms with van der Waals surface area (Å²) in [6, 6.07) is 26.5. The van der Waals surface area contributed by atoms with Crippen molar-refractivity contribution >= 4 is 28.9 Å². The van der Waals surface area contributed by atoms with Gasteiger partial charge in [0.2, 0.25) is 0 Å². The third-order valence-electron chi connectivity index (χ3n) is 9.52. The molecule has 0 radical (unpaired) electrons. The Hall–Kier alpha value is -4.94. The van der Waals surface area contributed by atoms with E-state index in [1.807, 2.05) is 54.6 Å². The van der Waals surface area contributed by atoms with Crippen molar-refractivity contribution in [3.05, 3.63) is 113 Å². The number of amides is 2. The summed E-state index contributed by atoms with van der Waals surface area (Å²) in [5.41, 5.74) is 6.05. The summed E-state index contributed by atoms with van der Waals surface area (Å²) >= 11 is 0. The van der Waals surface area contributed by atoms with E-state index in [1.54, 1.807) is 47.4 Å². The second-order valence-corrected chi connectivity index (χ2v) is 13.3. The van der Waals surface area contributed by atoms with Crippen LogP contribution in [0.4, 0.5) is 11.4 Å². The van der Waals surface area contributed by atoms with Gasteiger partial charge in [0, 0.05) is 87.0 Å². The first kappa shape index (κ1) is 35.9. The van der Waals surface area contributed by atoms with Crippen LogP contribution in [0.1, 0.15) is 51.1 Å². The molecule has 2 fully saturated rings. The van der Waals surface area contributed by atoms with Crippen LogP contribution in [0.3, 0.4) is 0 Å². The van der Waals surface area contributed by atoms with Crippen LogP contribution in [0, 0.1) is 5.41 Å². The summed E-state index contributed by atoms with van der Waals surface area (Å²) in [6.07, 6.45) is 5.18. The van der Waals surface area contributed by atoms with Crippen LogP contribution in [0.15, 0.2) is 91.1 Å². The van der Waals surface area contributed by atoms with Crippen LogP contribution in [0.25, 0.3) is 11.3 Å². The first-order chi connectivity index (χ1) is 24.8. The van der Waals surface area contributed by atoms with Gasteiger partial charge in [-0.1, -0.05) is 36.4 Å². The van der Waals surface area contributed by atoms with E-state index in [4.69, 9.17) is 21.0 Å². The molecule has 6 rings (SSSR count). The number of carbonyl (C=O) groups excluding carboxylic acids is 2. The number of ether oxygens (including phenoxy) is 1. The minimum absolute atomic E-state index is 0.132. The second kappa shape index (κ2) is 17.3. The first-order valence-corrected chi connectivity index (χ1v) is 17.8. The fraction of sp³-hybridized carbons (Fsp3) is 0.350. The summed E-state index contributed by atoms with van der Waals surface area (Å²) < 4.78 is 5.43. The van der Waals surface area contributed by atoms with Crippen LogP contribution in [-0.4, -0.2) is 103 Å². The Balaban J connectivity index is 1.20. The molecule has 2 aliphatic rings. The molecular formula is C40H48N8O3. The minimum atomic E-state index is -0.323. The van der Waals surface area contributed by atoms with Gasteiger partial charge in [0.1, 0.15) is 0 Å². The average molecular weight is 689 g/mol. The van der Waals surface area contributed by atoms with Crippen LogP contribution in [0.2, 0.25) is 0 Å². The van der Waals surface area contributed by atoms with Gasteiger partial charge in [-0.05, 0) is 73.4 Å². The molecule has 266 valence electrons. The number of likely N-dealkylation sites (N-methyl/N-ethyl adjacent to an activating group) is 1. The number of hydrogen-bond donors (Lipinski definition) is 3. The third-order valence-corrected chi connectivity index (χ3v) is 9.52. The fourth-order valence-electron chi connectivity index (χ4n) is 6.56. The molecule has 3 aromatic carbocycles. The average Bonchev–Trinajstić information content (AvgIpc) is 3.18. The Morgan fingerprint density at radius 2 is 1.65 bits per heavy atom. The first-order valence-electron chi connectivity index (χ1n) is 17.8. The number of nitrogens with one attached hydrogen (secondary N) is 2. The molecule has 1 aromatic heterocycles. The van der Waals surface area contributed by atoms with Crippen molar-refractivity contribution in [2.24, 2.45) is 5.84 Å². The maximum absolute atomic E-state index is 13.8. The number of piperidine rings is 1. The predicted molar refractivity (Wildman–Crippen MR) is 202 cm³/mol. The predicted octanol–water partition coefficient (Wildman–Crippen LogP) is 5.14. The summed E-state index contributed by atoms with van der Waals surface area (Å²) in [4.78, 5) is 38.2. The number of carbonyl (C=O) groups is 2. The lowest BCUT2D eigenvalue weighted by atomic mass is 10.0. The molecule has 0 saturated carbocycles. The molecule has 2 amide bonds. The van der Waals surface area contributed by atoms with Crippen LogP contribution >= 0.6 is 0 Å². The van der Waals surface area contributed by atoms with Crippen molar-refractivity contribution < 1.29 is 14.3 Å². The number of anilines is 2. The van der Waals surface area contributed by atoms with Gasteiger partial charge in [0.05, 0.1) is 36.9 Å². The Morgan fingerprint density at radius 3 is 2.43 bits per heavy atom. The molecule has 0 atom stereocenters. The van der Waals surface area contributed by atoms with Gasteiger partial charge in [-0.25, -0.2) is 5.01 Å². The van der Waals surface area contributed by atoms with E-state index < -0.39 is 0 Å². The van der Waals surface area contributed by atoms with Crippen molar-refractivity contribution in [1.29, 1.82) is 5.41 Å². The topological polar surface area (TPSA) is 131 Å². The lowest BCUT2D eigenvalue weighted by Gasteiger charge is -2.29. The molecule has 11 nitrogen and oxygen atoms in total. The lowest BCUT2D eigenvalue weighted by Crippen LogP contribution is -2.41. The molecule has 0 unspecified atom stereocenters. The highest BCUT2D eigenvalue weighted by atomic mass is 16.5. The fourth-order valence-corrected chi connectivity index (χ4v) is 6.56. The monoisotopic (exact) mass is 688 g/mol. The molecule has 11 heteroatoms. The van der Waals surface area contributed by atoms with E-state index in [2.05, 4.69) is 21.2 Å². The van der Waals surface area contributed by atoms with Gasteiger partial charge in [0.25, 0.3) is 11.8 Å². The quantitative estimate of drug-likeness (QED) is 0.100. The van der Waals surface area contributed by atoms with Crippen LogP contribution < -0.4 is 16.1 Å². The van der Waals surface area contributed by atoms with Crippen molar-refractivity contribution in [2.45, 2.75) is 25.8 Å². The van der Waals surface area contributed by atoms with Crippen molar-refractivity contribution in [2.75, 3.05) is 76.3 Å². The molecule has 51 heavy (non-hydrogen) atoms. The Labute approximate surface area is 300 Å². The zero-order chi connectivity index (χ0) is 35.6. The van der Waals surface area contributed by atoms with Gasteiger partial charge in [-0.3, -0.25) is 25.3 Å². The third kappa shape index (κ3) is 9.65. The Morgan fingerprint density at radius 1 is 0.882 bits per heavy atom. The molecule has 2 saturated heterocycles. The highest BCUT2D eigenvalue weighted by Crippen LogP contribution is 2.33. The number of hydrazine groups is 1. The number of nitrogens with two attached hydrogens (primary N) is 1. The summed E-state index contributed by atoms with van der Waals surface area (Å²) in [5, 5.41) is 13.6. The van der Waals surface area contributed by atoms with E-state index in [0.29, 0.717) is 60.1 Å². The van der Waals surface area contributed by atoms with E-state index >= 15 is 0 Å². The highest BCUT2D eigenvalue weighted by Gasteiger charge is 2.20. The molecule has 0 spiro atoms. The summed E-state index contributed by atoms with van der Waals surface area (Å²) in [7, 11) is 1.79. The number of rotatable bonds is 13. The van der Waals surface area contributed by atoms with E-state index in [9.17, 15) is 9.59 Å². The van der Waals surface area contributed by atoms with E-state index in [1.165, 1.54) is 6.42 Å². The number of pyridine rings is 1. The molecular weight excluding hydrogens is 640 g/mol. The Kier molecular flexibility index (Phi) is 12.2. The Bertz CT molecular complexity index is 1800. The van der Waals surface area contributed by atoms with Gasteiger partial charge in [-0.2, -0.15) is 0 Å². The van der Waals surface area contributed by atoms with Gasteiger partial charge >= 0.3 is 0 Å². The summed E-state index contributed by atoms with van der Waals surface area (Å²) in [5.74, 6) is 5.86. The number of aromatic nitrogens is 1. The van der Waals surface area contributed by atoms with E-state index in [0.717, 1.165) is 62.4 Å². The van der Waals surface area contributed by atoms with E-state index in [-0.39, 0.29) is 18.4 Å². The molecule has 4 aromatic rings. The highest BCUT2D eigenvalue weighted by molar-refractivity contribution is 6.08. The van der Waals surface area contributed by atoms with Crippen molar-refractivity contribution in [3.8, 4) is 11.3 Å². The van der Waals surface area contributed by atoms with Gasteiger partial charge < -0.3 is 25.3 Å². The minimum Gasteiger partial charge on any atom is -0.379 e. The maximum Gasteiger partial charge on any atom is 0.255 e. The largest absolute Gasteiger partial charge is 0.379 e. The van der Waals surface area contributed by atoms with Crippen LogP contribution in [-0.2, 0) is 11.3 Å². The normalized spacial score (nSPS) is 15.1. The van der Waals surface area contributed by atoms with Crippen LogP contribution in [0.5, 0.6) is 0 Å². The number of morpholine rings is 1. The summed E-state index contributed by atoms with van der Waals surface area (Å²) in [6.45, 7) is 7.23. The molecule has 4 N–H and O–H groups in total. The maximum atomic E-state index is 13.8. The van der Waals surface area contributed by atoms with Gasteiger partial charge in [-0.15, -0.1) is 0 Å². The zero-order valence-electron chi connectivity index (χ0n) is 29.4. The number of benzene rings is 3. The lowest BCUT2D eigenvalue weighted by molar-refractivity contribution is 0.0338. The zero-order valence-corrected chi connectivity index (χ0v) is 29.4. The SMILES string of the molecule is CN(CCN1CCOCC1)C(=O)c1cccc(C(=O)Nc2ccc(N3CCCCC3)cc2-c2cc(C(=N)CN(N)Cc3ccccc3)ccn2)c1. The van der Waals surface area contributed by atoms with Crippen molar-refractivity contribution in [3.63, 3.8) is 0 Å². The molecule has 0 aliphatic carbocycles. The molecule has 3 heterocycles.